The quantitative estimate of drug-likeness (QED) is 0.851. The second kappa shape index (κ2) is 5.88. The summed E-state index contributed by atoms with van der Waals surface area (Å²) < 4.78 is 5.98. The van der Waals surface area contributed by atoms with Gasteiger partial charge in [-0.2, -0.15) is 5.10 Å². The molecule has 2 aromatic rings. The van der Waals surface area contributed by atoms with E-state index in [1.165, 1.54) is 17.2 Å². The number of nitrogens with one attached hydrogen (secondary N) is 1. The van der Waals surface area contributed by atoms with Crippen molar-refractivity contribution in [3.05, 3.63) is 29.0 Å². The lowest BCUT2D eigenvalue weighted by Crippen LogP contribution is -2.24. The van der Waals surface area contributed by atoms with Crippen LogP contribution in [-0.2, 0) is 6.54 Å². The predicted molar refractivity (Wildman–Crippen MR) is 67.9 cm³/mol. The molecule has 0 saturated carbocycles. The Morgan fingerprint density at radius 3 is 3.00 bits per heavy atom. The molecule has 0 bridgehead atoms. The van der Waals surface area contributed by atoms with Crippen LogP contribution in [0.5, 0.6) is 0 Å². The second-order valence-corrected chi connectivity index (χ2v) is 4.61. The van der Waals surface area contributed by atoms with E-state index in [9.17, 15) is 0 Å². The third-order valence-electron chi connectivity index (χ3n) is 2.55. The molecular weight excluding hydrogens is 234 g/mol. The van der Waals surface area contributed by atoms with Gasteiger partial charge in [0.2, 0.25) is 0 Å². The minimum Gasteiger partial charge on any atom is -0.304 e. The van der Waals surface area contributed by atoms with Gasteiger partial charge in [-0.25, -0.2) is 0 Å². The molecule has 2 aromatic heterocycles. The molecule has 92 valence electrons. The zero-order valence-electron chi connectivity index (χ0n) is 10.1. The zero-order valence-corrected chi connectivity index (χ0v) is 10.9. The van der Waals surface area contributed by atoms with Crippen molar-refractivity contribution >= 4 is 11.5 Å². The van der Waals surface area contributed by atoms with E-state index < -0.39 is 0 Å². The number of hydrogen-bond acceptors (Lipinski definition) is 5. The Hall–Kier alpha value is -1.27. The summed E-state index contributed by atoms with van der Waals surface area (Å²) in [6.07, 6.45) is 4.75. The minimum atomic E-state index is 0.147. The summed E-state index contributed by atoms with van der Waals surface area (Å²) in [7, 11) is 0. The molecule has 0 aliphatic carbocycles. The molecule has 0 aliphatic rings. The van der Waals surface area contributed by atoms with Crippen LogP contribution in [0.25, 0.3) is 0 Å². The first-order valence-electron chi connectivity index (χ1n) is 5.89. The van der Waals surface area contributed by atoms with Crippen LogP contribution in [0, 0.1) is 0 Å². The van der Waals surface area contributed by atoms with E-state index in [-0.39, 0.29) is 6.04 Å². The van der Waals surface area contributed by atoms with Crippen molar-refractivity contribution in [2.75, 3.05) is 6.54 Å². The first-order valence-corrected chi connectivity index (χ1v) is 6.66. The summed E-state index contributed by atoms with van der Waals surface area (Å²) in [4.78, 5) is 1.13. The first-order chi connectivity index (χ1) is 8.36. The Kier molecular flexibility index (Phi) is 4.22. The highest BCUT2D eigenvalue weighted by atomic mass is 32.1. The van der Waals surface area contributed by atoms with Gasteiger partial charge < -0.3 is 5.32 Å². The van der Waals surface area contributed by atoms with Crippen LogP contribution in [0.2, 0.25) is 0 Å². The molecular formula is C11H17N5S. The molecule has 0 spiro atoms. The Balaban J connectivity index is 2.29. The van der Waals surface area contributed by atoms with Crippen LogP contribution in [0.15, 0.2) is 18.5 Å². The van der Waals surface area contributed by atoms with E-state index >= 15 is 0 Å². The van der Waals surface area contributed by atoms with Crippen LogP contribution >= 0.6 is 11.5 Å². The van der Waals surface area contributed by atoms with E-state index in [0.29, 0.717) is 0 Å². The molecule has 0 fully saturated rings. The molecule has 17 heavy (non-hydrogen) atoms. The highest BCUT2D eigenvalue weighted by Gasteiger charge is 2.19. The number of aromatic nitrogens is 4. The molecule has 5 nitrogen and oxygen atoms in total. The number of aryl methyl sites for hydroxylation is 1. The highest BCUT2D eigenvalue weighted by molar-refractivity contribution is 7.05. The van der Waals surface area contributed by atoms with Crippen molar-refractivity contribution in [3.8, 4) is 0 Å². The van der Waals surface area contributed by atoms with Crippen molar-refractivity contribution in [1.82, 2.24) is 24.7 Å². The van der Waals surface area contributed by atoms with Crippen molar-refractivity contribution in [1.29, 1.82) is 0 Å². The van der Waals surface area contributed by atoms with Crippen molar-refractivity contribution in [2.24, 2.45) is 0 Å². The summed E-state index contributed by atoms with van der Waals surface area (Å²) in [5.74, 6) is 0. The maximum absolute atomic E-state index is 4.36. The van der Waals surface area contributed by atoms with Gasteiger partial charge in [-0.15, -0.1) is 5.10 Å². The smallest absolute Gasteiger partial charge is 0.0874 e. The monoisotopic (exact) mass is 251 g/mol. The van der Waals surface area contributed by atoms with Crippen molar-refractivity contribution < 1.29 is 0 Å². The molecule has 0 radical (unpaired) electrons. The van der Waals surface area contributed by atoms with Gasteiger partial charge in [-0.3, -0.25) is 4.68 Å². The normalized spacial score (nSPS) is 12.8. The fourth-order valence-corrected chi connectivity index (χ4v) is 2.44. The molecule has 0 aromatic carbocycles. The molecule has 0 aliphatic heterocycles. The van der Waals surface area contributed by atoms with Crippen LogP contribution in [-0.4, -0.2) is 25.9 Å². The Morgan fingerprint density at radius 1 is 1.47 bits per heavy atom. The maximum Gasteiger partial charge on any atom is 0.0874 e. The third kappa shape index (κ3) is 2.70. The summed E-state index contributed by atoms with van der Waals surface area (Å²) in [6.45, 7) is 6.10. The van der Waals surface area contributed by atoms with Gasteiger partial charge >= 0.3 is 0 Å². The van der Waals surface area contributed by atoms with Crippen LogP contribution in [0.4, 0.5) is 0 Å². The van der Waals surface area contributed by atoms with Crippen LogP contribution in [0.1, 0.15) is 36.9 Å². The second-order valence-electron chi connectivity index (χ2n) is 3.79. The Labute approximate surface area is 105 Å². The van der Waals surface area contributed by atoms with Gasteiger partial charge in [0.15, 0.2) is 0 Å². The lowest BCUT2D eigenvalue weighted by Gasteiger charge is -2.17. The third-order valence-corrected chi connectivity index (χ3v) is 3.28. The van der Waals surface area contributed by atoms with Gasteiger partial charge in [-0.1, -0.05) is 18.3 Å². The summed E-state index contributed by atoms with van der Waals surface area (Å²) >= 11 is 1.43. The lowest BCUT2D eigenvalue weighted by atomic mass is 10.2. The number of hydrogen-bond donors (Lipinski definition) is 1. The first kappa shape index (κ1) is 12.2. The molecule has 2 rings (SSSR count). The Bertz CT molecular complexity index is 436. The standard InChI is InChI=1S/C11H17N5S/c1-3-7-16-9(5-6-14-16)11(12-4-2)10-8-13-15-17-10/h5-6,8,11-12H,3-4,7H2,1-2H3. The average molecular weight is 251 g/mol. The number of rotatable bonds is 6. The molecule has 1 unspecified atom stereocenters. The Morgan fingerprint density at radius 2 is 2.35 bits per heavy atom. The summed E-state index contributed by atoms with van der Waals surface area (Å²) in [5, 5.41) is 11.7. The zero-order chi connectivity index (χ0) is 12.1. The van der Waals surface area contributed by atoms with E-state index in [1.54, 1.807) is 0 Å². The number of nitrogens with zero attached hydrogens (tertiary/aromatic N) is 4. The fourth-order valence-electron chi connectivity index (χ4n) is 1.84. The fraction of sp³-hybridized carbons (Fsp3) is 0.545. The van der Waals surface area contributed by atoms with E-state index in [0.717, 1.165) is 24.4 Å². The molecule has 1 atom stereocenters. The lowest BCUT2D eigenvalue weighted by molar-refractivity contribution is 0.523. The summed E-state index contributed by atoms with van der Waals surface area (Å²) in [5.41, 5.74) is 1.18. The molecule has 0 saturated heterocycles. The molecule has 6 heteroatoms. The average Bonchev–Trinajstić information content (AvgIpc) is 2.97. The van der Waals surface area contributed by atoms with Crippen LogP contribution in [0.3, 0.4) is 0 Å². The van der Waals surface area contributed by atoms with Gasteiger partial charge in [0, 0.05) is 12.7 Å². The largest absolute Gasteiger partial charge is 0.304 e. The minimum absolute atomic E-state index is 0.147. The molecule has 1 N–H and O–H groups in total. The molecule has 0 amide bonds. The highest BCUT2D eigenvalue weighted by Crippen LogP contribution is 2.23. The van der Waals surface area contributed by atoms with Gasteiger partial charge in [0.05, 0.1) is 22.8 Å². The molecule has 2 heterocycles. The maximum atomic E-state index is 4.36. The SMILES string of the molecule is CCCn1nccc1C(NCC)c1cnns1. The van der Waals surface area contributed by atoms with E-state index in [1.807, 2.05) is 17.1 Å². The van der Waals surface area contributed by atoms with E-state index in [4.69, 9.17) is 0 Å². The van der Waals surface area contributed by atoms with Gasteiger partial charge in [0.25, 0.3) is 0 Å². The van der Waals surface area contributed by atoms with E-state index in [2.05, 4.69) is 39.9 Å². The predicted octanol–water partition coefficient (Wildman–Crippen LogP) is 1.84. The van der Waals surface area contributed by atoms with Crippen molar-refractivity contribution in [2.45, 2.75) is 32.9 Å². The van der Waals surface area contributed by atoms with Crippen LogP contribution < -0.4 is 5.32 Å². The van der Waals surface area contributed by atoms with Gasteiger partial charge in [0.1, 0.15) is 0 Å². The van der Waals surface area contributed by atoms with Gasteiger partial charge in [-0.05, 0) is 30.6 Å². The van der Waals surface area contributed by atoms with Crippen molar-refractivity contribution in [3.63, 3.8) is 0 Å². The summed E-state index contributed by atoms with van der Waals surface area (Å²) in [6, 6.07) is 2.21. The topological polar surface area (TPSA) is 55.6 Å².